The van der Waals surface area contributed by atoms with Crippen molar-refractivity contribution in [2.75, 3.05) is 4.72 Å². The molecule has 2 rings (SSSR count). The first kappa shape index (κ1) is 18.6. The van der Waals surface area contributed by atoms with Crippen molar-refractivity contribution in [3.63, 3.8) is 0 Å². The molecule has 0 aromatic heterocycles. The third-order valence-corrected chi connectivity index (χ3v) is 5.00. The average Bonchev–Trinajstić information content (AvgIpc) is 2.50. The minimum atomic E-state index is -4.32. The van der Waals surface area contributed by atoms with E-state index in [-0.39, 0.29) is 16.3 Å². The van der Waals surface area contributed by atoms with E-state index in [1.807, 2.05) is 4.72 Å². The molecule has 2 aromatic rings. The number of hydrogen-bond acceptors (Lipinski definition) is 5. The van der Waals surface area contributed by atoms with E-state index in [9.17, 15) is 27.7 Å². The number of carboxylic acid groups (broad SMARTS) is 1. The number of nitro benzene ring substituents is 1. The van der Waals surface area contributed by atoms with Crippen LogP contribution in [0, 0.1) is 22.9 Å². The summed E-state index contributed by atoms with van der Waals surface area (Å²) >= 11 is 5.84. The molecule has 0 atom stereocenters. The smallest absolute Gasteiger partial charge is 0.338 e. The van der Waals surface area contributed by atoms with Crippen LogP contribution >= 0.6 is 11.6 Å². The quantitative estimate of drug-likeness (QED) is 0.598. The Bertz CT molecular complexity index is 993. The Morgan fingerprint density at radius 3 is 2.52 bits per heavy atom. The van der Waals surface area contributed by atoms with E-state index < -0.39 is 42.9 Å². The predicted molar refractivity (Wildman–Crippen MR) is 87.0 cm³/mol. The third-order valence-electron chi connectivity index (χ3n) is 3.25. The van der Waals surface area contributed by atoms with Gasteiger partial charge in [-0.15, -0.1) is 0 Å². The fourth-order valence-corrected chi connectivity index (χ4v) is 3.33. The highest BCUT2D eigenvalue weighted by Crippen LogP contribution is 2.30. The van der Waals surface area contributed by atoms with Crippen molar-refractivity contribution in [1.82, 2.24) is 0 Å². The monoisotopic (exact) mass is 388 g/mol. The van der Waals surface area contributed by atoms with Crippen LogP contribution in [0.25, 0.3) is 0 Å². The molecule has 0 heterocycles. The number of nitrogens with zero attached hydrogens (tertiary/aromatic N) is 1. The van der Waals surface area contributed by atoms with E-state index in [0.717, 1.165) is 30.3 Å². The normalized spacial score (nSPS) is 11.2. The van der Waals surface area contributed by atoms with Gasteiger partial charge in [0.2, 0.25) is 0 Å². The lowest BCUT2D eigenvalue weighted by Gasteiger charge is -2.10. The molecule has 0 spiro atoms. The molecule has 132 valence electrons. The van der Waals surface area contributed by atoms with Crippen molar-refractivity contribution >= 4 is 39.0 Å². The first-order valence-corrected chi connectivity index (χ1v) is 8.39. The minimum Gasteiger partial charge on any atom is -0.478 e. The van der Waals surface area contributed by atoms with Gasteiger partial charge in [-0.1, -0.05) is 11.6 Å². The van der Waals surface area contributed by atoms with E-state index in [0.29, 0.717) is 0 Å². The largest absolute Gasteiger partial charge is 0.478 e. The van der Waals surface area contributed by atoms with Crippen molar-refractivity contribution in [3.05, 3.63) is 62.4 Å². The van der Waals surface area contributed by atoms with Crippen molar-refractivity contribution in [2.24, 2.45) is 0 Å². The molecule has 0 fully saturated rings. The fraction of sp³-hybridized carbons (Fsp3) is 0.0714. The average molecular weight is 389 g/mol. The van der Waals surface area contributed by atoms with Gasteiger partial charge < -0.3 is 5.11 Å². The van der Waals surface area contributed by atoms with Gasteiger partial charge in [0.1, 0.15) is 5.82 Å². The molecule has 0 unspecified atom stereocenters. The standard InChI is InChI=1S/C14H10ClFN2O6S/c1-7-11(15)5-9(6-13(7)18(21)22)25(23,24)17-8-2-3-12(16)10(4-8)14(19)20/h2-6,17H,1H3,(H,19,20). The van der Waals surface area contributed by atoms with Crippen LogP contribution in [-0.4, -0.2) is 24.4 Å². The molecule has 0 saturated heterocycles. The number of nitro groups is 1. The molecule has 0 saturated carbocycles. The molecule has 0 bridgehead atoms. The lowest BCUT2D eigenvalue weighted by molar-refractivity contribution is -0.385. The Hall–Kier alpha value is -2.72. The third kappa shape index (κ3) is 3.86. The second kappa shape index (κ2) is 6.65. The molecule has 11 heteroatoms. The Balaban J connectivity index is 2.49. The molecule has 0 aliphatic carbocycles. The number of carboxylic acids is 1. The van der Waals surface area contributed by atoms with Crippen molar-refractivity contribution in [2.45, 2.75) is 11.8 Å². The summed E-state index contributed by atoms with van der Waals surface area (Å²) in [6, 6.07) is 4.44. The number of hydrogen-bond donors (Lipinski definition) is 2. The summed E-state index contributed by atoms with van der Waals surface area (Å²) < 4.78 is 40.1. The summed E-state index contributed by atoms with van der Waals surface area (Å²) in [6.45, 7) is 1.36. The Morgan fingerprint density at radius 2 is 1.96 bits per heavy atom. The van der Waals surface area contributed by atoms with Gasteiger partial charge in [0.25, 0.3) is 15.7 Å². The lowest BCUT2D eigenvalue weighted by Crippen LogP contribution is -2.14. The molecule has 25 heavy (non-hydrogen) atoms. The van der Waals surface area contributed by atoms with Crippen LogP contribution in [0.15, 0.2) is 35.2 Å². The molecule has 2 N–H and O–H groups in total. The van der Waals surface area contributed by atoms with Crippen LogP contribution in [0.4, 0.5) is 15.8 Å². The predicted octanol–water partition coefficient (Wildman–Crippen LogP) is 3.19. The van der Waals surface area contributed by atoms with Gasteiger partial charge >= 0.3 is 5.97 Å². The van der Waals surface area contributed by atoms with Crippen molar-refractivity contribution in [1.29, 1.82) is 0 Å². The number of aromatic carboxylic acids is 1. The number of halogens is 2. The topological polar surface area (TPSA) is 127 Å². The zero-order valence-electron chi connectivity index (χ0n) is 12.5. The molecule has 2 aromatic carbocycles. The summed E-state index contributed by atoms with van der Waals surface area (Å²) in [5, 5.41) is 19.7. The summed E-state index contributed by atoms with van der Waals surface area (Å²) in [6.07, 6.45) is 0. The number of rotatable bonds is 5. The summed E-state index contributed by atoms with van der Waals surface area (Å²) in [5.74, 6) is -2.61. The number of nitrogens with one attached hydrogen (secondary N) is 1. The SMILES string of the molecule is Cc1c(Cl)cc(S(=O)(=O)Nc2ccc(F)c(C(=O)O)c2)cc1[N+](=O)[O-]. The van der Waals surface area contributed by atoms with Crippen LogP contribution in [0.5, 0.6) is 0 Å². The lowest BCUT2D eigenvalue weighted by atomic mass is 10.2. The molecule has 8 nitrogen and oxygen atoms in total. The van der Waals surface area contributed by atoms with Crippen LogP contribution in [-0.2, 0) is 10.0 Å². The molecule has 0 radical (unpaired) electrons. The first-order chi connectivity index (χ1) is 11.5. The summed E-state index contributed by atoms with van der Waals surface area (Å²) in [4.78, 5) is 20.6. The highest BCUT2D eigenvalue weighted by molar-refractivity contribution is 7.92. The minimum absolute atomic E-state index is 0.0977. The maximum atomic E-state index is 13.4. The zero-order valence-corrected chi connectivity index (χ0v) is 14.1. The Morgan fingerprint density at radius 1 is 1.32 bits per heavy atom. The first-order valence-electron chi connectivity index (χ1n) is 6.53. The number of carbonyl (C=O) groups is 1. The van der Waals surface area contributed by atoms with Gasteiger partial charge in [0.05, 0.1) is 20.4 Å². The highest BCUT2D eigenvalue weighted by atomic mass is 35.5. The highest BCUT2D eigenvalue weighted by Gasteiger charge is 2.23. The summed E-state index contributed by atoms with van der Waals surface area (Å²) in [5.41, 5.74) is -1.34. The van der Waals surface area contributed by atoms with E-state index in [4.69, 9.17) is 16.7 Å². The van der Waals surface area contributed by atoms with Gasteiger partial charge in [-0.25, -0.2) is 17.6 Å². The van der Waals surface area contributed by atoms with Crippen molar-refractivity contribution < 1.29 is 27.6 Å². The number of benzene rings is 2. The number of anilines is 1. The maximum Gasteiger partial charge on any atom is 0.338 e. The second-order valence-corrected chi connectivity index (χ2v) is 7.00. The second-order valence-electron chi connectivity index (χ2n) is 4.91. The van der Waals surface area contributed by atoms with Gasteiger partial charge in [-0.2, -0.15) is 0 Å². The van der Waals surface area contributed by atoms with Gasteiger partial charge in [-0.3, -0.25) is 14.8 Å². The van der Waals surface area contributed by atoms with Gasteiger partial charge in [0.15, 0.2) is 0 Å². The molecule has 0 amide bonds. The van der Waals surface area contributed by atoms with Crippen LogP contribution in [0.2, 0.25) is 5.02 Å². The number of sulfonamides is 1. The van der Waals surface area contributed by atoms with E-state index in [2.05, 4.69) is 0 Å². The maximum absolute atomic E-state index is 13.4. The fourth-order valence-electron chi connectivity index (χ4n) is 1.95. The van der Waals surface area contributed by atoms with E-state index in [1.165, 1.54) is 6.92 Å². The summed E-state index contributed by atoms with van der Waals surface area (Å²) in [7, 11) is -4.32. The Kier molecular flexibility index (Phi) is 4.95. The van der Waals surface area contributed by atoms with Crippen LogP contribution in [0.1, 0.15) is 15.9 Å². The van der Waals surface area contributed by atoms with Crippen LogP contribution < -0.4 is 4.72 Å². The van der Waals surface area contributed by atoms with E-state index in [1.54, 1.807) is 0 Å². The molecule has 0 aliphatic heterocycles. The Labute approximate surface area is 146 Å². The van der Waals surface area contributed by atoms with Crippen molar-refractivity contribution in [3.8, 4) is 0 Å². The molecular formula is C14H10ClFN2O6S. The molecule has 0 aliphatic rings. The zero-order chi connectivity index (χ0) is 18.9. The molecular weight excluding hydrogens is 379 g/mol. The van der Waals surface area contributed by atoms with E-state index >= 15 is 0 Å². The van der Waals surface area contributed by atoms with Gasteiger partial charge in [-0.05, 0) is 31.2 Å². The van der Waals surface area contributed by atoms with Gasteiger partial charge in [0, 0.05) is 17.3 Å². The van der Waals surface area contributed by atoms with Crippen LogP contribution in [0.3, 0.4) is 0 Å².